The third-order valence-corrected chi connectivity index (χ3v) is 8.00. The Hall–Kier alpha value is -2.55. The van der Waals surface area contributed by atoms with Crippen LogP contribution in [0.15, 0.2) is 91.0 Å². The van der Waals surface area contributed by atoms with Gasteiger partial charge >= 0.3 is 221 Å². The summed E-state index contributed by atoms with van der Waals surface area (Å²) < 4.78 is 2.44. The molecule has 0 N–H and O–H groups in total. The van der Waals surface area contributed by atoms with Crippen molar-refractivity contribution in [1.82, 2.24) is 0 Å². The van der Waals surface area contributed by atoms with E-state index in [9.17, 15) is 0 Å². The molecule has 0 heterocycles. The molecule has 0 fully saturated rings. The van der Waals surface area contributed by atoms with Gasteiger partial charge in [0.2, 0.25) is 0 Å². The molecular formula is C33H28Cl2NTi. The molecule has 1 nitrogen and oxygen atoms in total. The number of aryl methyl sites for hydroxylation is 3. The fraction of sp³-hybridized carbons (Fsp3) is 0.152. The van der Waals surface area contributed by atoms with Crippen molar-refractivity contribution in [1.29, 1.82) is 0 Å². The van der Waals surface area contributed by atoms with E-state index in [1.54, 1.807) is 0 Å². The minimum atomic E-state index is 0. The van der Waals surface area contributed by atoms with Crippen molar-refractivity contribution in [2.75, 3.05) is 3.38 Å². The first kappa shape index (κ1) is 27.5. The summed E-state index contributed by atoms with van der Waals surface area (Å²) in [5, 5.41) is 2.64. The molecule has 1 aliphatic carbocycles. The molecule has 183 valence electrons. The van der Waals surface area contributed by atoms with Crippen LogP contribution >= 0.6 is 0 Å². The van der Waals surface area contributed by atoms with E-state index in [2.05, 4.69) is 136 Å². The fourth-order valence-corrected chi connectivity index (χ4v) is 6.80. The van der Waals surface area contributed by atoms with Crippen LogP contribution in [0.25, 0.3) is 33.0 Å². The molecule has 0 bridgehead atoms. The second-order valence-corrected chi connectivity index (χ2v) is 10.7. The van der Waals surface area contributed by atoms with Gasteiger partial charge in [-0.15, -0.1) is 0 Å². The molecule has 6 rings (SSSR count). The molecule has 0 saturated carbocycles. The van der Waals surface area contributed by atoms with E-state index in [4.69, 9.17) is 0 Å². The normalized spacial score (nSPS) is 11.4. The molecule has 5 aromatic rings. The van der Waals surface area contributed by atoms with Gasteiger partial charge in [-0.2, -0.15) is 0 Å². The smallest absolute Gasteiger partial charge is 1.00 e. The topological polar surface area (TPSA) is 3.24 Å². The van der Waals surface area contributed by atoms with Crippen molar-refractivity contribution in [2.24, 2.45) is 0 Å². The molecule has 0 amide bonds. The summed E-state index contributed by atoms with van der Waals surface area (Å²) in [6, 6.07) is 33.8. The molecule has 0 saturated heterocycles. The van der Waals surface area contributed by atoms with Crippen LogP contribution in [-0.4, -0.2) is 0 Å². The third kappa shape index (κ3) is 4.87. The van der Waals surface area contributed by atoms with Gasteiger partial charge in [-0.05, 0) is 0 Å². The van der Waals surface area contributed by atoms with Gasteiger partial charge in [0, 0.05) is 0 Å². The van der Waals surface area contributed by atoms with Crippen molar-refractivity contribution >= 4 is 16.5 Å². The Balaban J connectivity index is 0.00000160. The summed E-state index contributed by atoms with van der Waals surface area (Å²) in [6.45, 7) is 7.51. The average Bonchev–Trinajstić information content (AvgIpc) is 3.23. The van der Waals surface area contributed by atoms with E-state index < -0.39 is 0 Å². The predicted molar refractivity (Wildman–Crippen MR) is 144 cm³/mol. The Bertz CT molecular complexity index is 1590. The van der Waals surface area contributed by atoms with Crippen LogP contribution in [0.3, 0.4) is 0 Å². The number of anilines is 1. The Labute approximate surface area is 244 Å². The number of halogens is 2. The molecule has 0 unspecified atom stereocenters. The number of rotatable bonds is 4. The molecule has 1 aliphatic rings. The van der Waals surface area contributed by atoms with Crippen molar-refractivity contribution in [3.05, 3.63) is 124 Å². The van der Waals surface area contributed by atoms with Crippen LogP contribution < -0.4 is 28.2 Å². The zero-order chi connectivity index (χ0) is 24.1. The standard InChI is InChI=1S/C33H28N.2ClH.Ti/c1-21-17-22(2)33(23(3)18-21)34-20-32-26-11-6-4-9-24(26)15-16-30(32)29-14-8-13-28-27-12-7-5-10-25(27)19-31(28)29;;;/h4-18H,19-20H2,1-3H3;2*1H;/q-1;;;+3/p-2. The summed E-state index contributed by atoms with van der Waals surface area (Å²) >= 11 is 2.24. The monoisotopic (exact) mass is 556 g/mol. The summed E-state index contributed by atoms with van der Waals surface area (Å²) in [4.78, 5) is 0. The van der Waals surface area contributed by atoms with E-state index in [0.29, 0.717) is 0 Å². The number of fused-ring (bicyclic) bond motifs is 4. The van der Waals surface area contributed by atoms with Gasteiger partial charge in [0.25, 0.3) is 0 Å². The van der Waals surface area contributed by atoms with Gasteiger partial charge in [0.1, 0.15) is 0 Å². The van der Waals surface area contributed by atoms with Crippen molar-refractivity contribution in [3.8, 4) is 22.3 Å². The summed E-state index contributed by atoms with van der Waals surface area (Å²) in [7, 11) is 0. The van der Waals surface area contributed by atoms with E-state index >= 15 is 0 Å². The van der Waals surface area contributed by atoms with Crippen LogP contribution in [0, 0.1) is 20.8 Å². The quantitative estimate of drug-likeness (QED) is 0.302. The first-order valence-electron chi connectivity index (χ1n) is 12.3. The first-order chi connectivity index (χ1) is 17.0. The van der Waals surface area contributed by atoms with Crippen molar-refractivity contribution < 1.29 is 45.5 Å². The zero-order valence-electron chi connectivity index (χ0n) is 21.3. The van der Waals surface area contributed by atoms with E-state index in [1.165, 1.54) is 72.1 Å². The Morgan fingerprint density at radius 3 is 2.05 bits per heavy atom. The molecule has 0 spiro atoms. The summed E-state index contributed by atoms with van der Waals surface area (Å²) in [5.41, 5.74) is 15.1. The molecule has 0 atom stereocenters. The molecule has 0 aliphatic heterocycles. The third-order valence-electron chi connectivity index (χ3n) is 7.40. The Kier molecular flexibility index (Phi) is 8.21. The second-order valence-electron chi connectivity index (χ2n) is 9.81. The van der Waals surface area contributed by atoms with Crippen LogP contribution in [0.1, 0.15) is 33.4 Å². The molecular weight excluding hydrogens is 529 g/mol. The summed E-state index contributed by atoms with van der Waals surface area (Å²) in [5.74, 6) is 0. The molecule has 37 heavy (non-hydrogen) atoms. The van der Waals surface area contributed by atoms with E-state index in [1.807, 2.05) is 0 Å². The maximum absolute atomic E-state index is 2.44. The van der Waals surface area contributed by atoms with Gasteiger partial charge in [-0.25, -0.2) is 0 Å². The van der Waals surface area contributed by atoms with Gasteiger partial charge in [0.05, 0.1) is 0 Å². The molecule has 5 aromatic carbocycles. The minimum absolute atomic E-state index is 0. The average molecular weight is 557 g/mol. The number of hydrogen-bond donors (Lipinski definition) is 0. The van der Waals surface area contributed by atoms with Gasteiger partial charge < -0.3 is 24.8 Å². The number of nitrogens with zero attached hydrogens (tertiary/aromatic N) is 1. The number of benzene rings is 5. The minimum Gasteiger partial charge on any atom is -1.00 e. The van der Waals surface area contributed by atoms with Gasteiger partial charge in [0.15, 0.2) is 0 Å². The largest absolute Gasteiger partial charge is 1.00 e. The zero-order valence-corrected chi connectivity index (χ0v) is 24.4. The van der Waals surface area contributed by atoms with Crippen molar-refractivity contribution in [3.63, 3.8) is 0 Å². The van der Waals surface area contributed by atoms with Crippen LogP contribution in [0.2, 0.25) is 0 Å². The SMILES string of the molecule is Cc1cc(C)c([N]([Ti+2])Cc2c(-c3cccc4c3Cc3ccccc3-4)ccc3ccccc23)c(C)c1.[Cl-].[Cl-]. The van der Waals surface area contributed by atoms with Crippen molar-refractivity contribution in [2.45, 2.75) is 33.7 Å². The fourth-order valence-electron chi connectivity index (χ4n) is 6.00. The van der Waals surface area contributed by atoms with Crippen LogP contribution in [-0.2, 0) is 33.7 Å². The molecule has 0 aromatic heterocycles. The second kappa shape index (κ2) is 11.1. The summed E-state index contributed by atoms with van der Waals surface area (Å²) in [6.07, 6.45) is 1.000. The molecule has 0 radical (unpaired) electrons. The number of hydrogen-bond acceptors (Lipinski definition) is 1. The van der Waals surface area contributed by atoms with Crippen LogP contribution in [0.4, 0.5) is 5.69 Å². The molecule has 4 heteroatoms. The van der Waals surface area contributed by atoms with E-state index in [0.717, 1.165) is 13.0 Å². The Morgan fingerprint density at radius 1 is 0.676 bits per heavy atom. The maximum Gasteiger partial charge on any atom is -1.00 e. The van der Waals surface area contributed by atoms with Gasteiger partial charge in [-0.1, -0.05) is 0 Å². The Morgan fingerprint density at radius 2 is 1.30 bits per heavy atom. The first-order valence-corrected chi connectivity index (χ1v) is 13.0. The maximum atomic E-state index is 2.44. The van der Waals surface area contributed by atoms with Crippen LogP contribution in [0.5, 0.6) is 0 Å². The van der Waals surface area contributed by atoms with E-state index in [-0.39, 0.29) is 24.8 Å². The predicted octanol–water partition coefficient (Wildman–Crippen LogP) is 2.48. The van der Waals surface area contributed by atoms with Gasteiger partial charge in [-0.3, -0.25) is 0 Å².